The number of halogens is 4. The first-order valence-electron chi connectivity index (χ1n) is 19.8. The number of carbonyl (C=O) groups excluding carboxylic acids is 2. The van der Waals surface area contributed by atoms with E-state index in [1.165, 1.54) is 63.5 Å². The first kappa shape index (κ1) is 46.5. The van der Waals surface area contributed by atoms with E-state index in [2.05, 4.69) is 22.4 Å². The van der Waals surface area contributed by atoms with Crippen LogP contribution in [0.1, 0.15) is 121 Å². The summed E-state index contributed by atoms with van der Waals surface area (Å²) in [7, 11) is -3.30. The molecular formula is C42H54Cl4N6O4S. The van der Waals surface area contributed by atoms with Crippen molar-refractivity contribution in [3.63, 3.8) is 0 Å². The number of benzene rings is 3. The number of hydrogen-bond acceptors (Lipinski definition) is 6. The van der Waals surface area contributed by atoms with Crippen molar-refractivity contribution >= 4 is 103 Å². The third-order valence-corrected chi connectivity index (χ3v) is 11.6. The Balaban J connectivity index is 1.53. The van der Waals surface area contributed by atoms with Crippen LogP contribution in [0.2, 0.25) is 20.1 Å². The summed E-state index contributed by atoms with van der Waals surface area (Å²) in [6.45, 7) is 6.49. The molecule has 57 heavy (non-hydrogen) atoms. The summed E-state index contributed by atoms with van der Waals surface area (Å²) in [4.78, 5) is 36.5. The molecule has 3 N–H and O–H groups in total. The number of sulfonamides is 1. The Hall–Kier alpha value is -3.19. The lowest BCUT2D eigenvalue weighted by molar-refractivity contribution is -0.116. The maximum absolute atomic E-state index is 14.1. The van der Waals surface area contributed by atoms with Gasteiger partial charge in [-0.25, -0.2) is 28.1 Å². The van der Waals surface area contributed by atoms with Crippen LogP contribution in [-0.4, -0.2) is 44.6 Å². The first-order chi connectivity index (χ1) is 27.2. The van der Waals surface area contributed by atoms with Gasteiger partial charge in [0.25, 0.3) is 5.91 Å². The molecule has 0 bridgehead atoms. The van der Waals surface area contributed by atoms with E-state index in [1.54, 1.807) is 18.2 Å². The number of amidine groups is 1. The number of aliphatic imine (C=N–C) groups is 2. The minimum Gasteiger partial charge on any atom is -0.326 e. The molecule has 15 heteroatoms. The van der Waals surface area contributed by atoms with Gasteiger partial charge in [0.15, 0.2) is 11.5 Å². The Morgan fingerprint density at radius 2 is 1.44 bits per heavy atom. The standard InChI is InChI=1S/C42H54Cl4N6O4S/c1-5-7-8-9-10-11-12-13-14-15-16-17-38(53)48-32-19-20-33(44)37(27-32)50-41-39(42(54)52(51-41)40-34(45)25-31(43)26-35(40)46)49-36-21-18-30(24-28(36)3)29(6-2)22-23-47-57(4,55)56/h18-21,24-27,29,47H,5-17,22-23H2,1-4H3,(H,48,53)(H,50,51). The van der Waals surface area contributed by atoms with Crippen molar-refractivity contribution in [3.05, 3.63) is 79.7 Å². The molecule has 0 aromatic heterocycles. The minimum atomic E-state index is -3.30. The summed E-state index contributed by atoms with van der Waals surface area (Å²) in [5.41, 5.74) is 6.29. The molecule has 0 radical (unpaired) electrons. The van der Waals surface area contributed by atoms with E-state index in [1.807, 2.05) is 32.0 Å². The molecule has 1 aliphatic heterocycles. The number of anilines is 2. The quantitative estimate of drug-likeness (QED) is 0.0865. The number of unbranched alkanes of at least 4 members (excludes halogenated alkanes) is 10. The van der Waals surface area contributed by atoms with Crippen LogP contribution in [0.3, 0.4) is 0 Å². The molecule has 1 aliphatic rings. The van der Waals surface area contributed by atoms with Crippen molar-refractivity contribution < 1.29 is 18.0 Å². The van der Waals surface area contributed by atoms with E-state index in [4.69, 9.17) is 56.4 Å². The third kappa shape index (κ3) is 14.5. The van der Waals surface area contributed by atoms with Crippen LogP contribution in [-0.2, 0) is 19.6 Å². The van der Waals surface area contributed by atoms with Gasteiger partial charge in [0.05, 0.1) is 32.7 Å². The summed E-state index contributed by atoms with van der Waals surface area (Å²) < 4.78 is 25.8. The fourth-order valence-electron chi connectivity index (χ4n) is 6.67. The molecular weight excluding hydrogens is 826 g/mol. The number of carbonyl (C=O) groups is 2. The molecule has 1 atom stereocenters. The van der Waals surface area contributed by atoms with Gasteiger partial charge in [0, 0.05) is 23.7 Å². The van der Waals surface area contributed by atoms with Gasteiger partial charge in [0.2, 0.25) is 15.9 Å². The average molecular weight is 881 g/mol. The van der Waals surface area contributed by atoms with Gasteiger partial charge in [-0.15, -0.1) is 0 Å². The van der Waals surface area contributed by atoms with Crippen LogP contribution in [0.25, 0.3) is 0 Å². The van der Waals surface area contributed by atoms with Crippen LogP contribution >= 0.6 is 46.4 Å². The highest BCUT2D eigenvalue weighted by atomic mass is 35.5. The summed E-state index contributed by atoms with van der Waals surface area (Å²) in [6.07, 6.45) is 16.2. The van der Waals surface area contributed by atoms with E-state index in [9.17, 15) is 18.0 Å². The van der Waals surface area contributed by atoms with E-state index < -0.39 is 15.9 Å². The molecule has 2 amide bonds. The Labute approximate surface area is 358 Å². The minimum absolute atomic E-state index is 0.0284. The Bertz CT molecular complexity index is 2020. The van der Waals surface area contributed by atoms with Gasteiger partial charge >= 0.3 is 0 Å². The maximum Gasteiger partial charge on any atom is 0.299 e. The monoisotopic (exact) mass is 878 g/mol. The fraction of sp³-hybridized carbons (Fsp3) is 0.476. The number of amides is 2. The molecule has 1 heterocycles. The van der Waals surface area contributed by atoms with Crippen LogP contribution in [0.4, 0.5) is 22.7 Å². The molecule has 0 aliphatic carbocycles. The topological polar surface area (TPSA) is 132 Å². The summed E-state index contributed by atoms with van der Waals surface area (Å²) >= 11 is 25.9. The second-order valence-corrected chi connectivity index (χ2v) is 18.0. The molecule has 0 saturated carbocycles. The molecule has 310 valence electrons. The summed E-state index contributed by atoms with van der Waals surface area (Å²) in [5, 5.41) is 4.97. The van der Waals surface area contributed by atoms with E-state index in [0.29, 0.717) is 41.5 Å². The number of hydrazine groups is 1. The molecule has 0 spiro atoms. The van der Waals surface area contributed by atoms with Crippen molar-refractivity contribution in [1.82, 2.24) is 10.1 Å². The highest BCUT2D eigenvalue weighted by Gasteiger charge is 2.37. The molecule has 1 fully saturated rings. The highest BCUT2D eigenvalue weighted by molar-refractivity contribution is 7.88. The smallest absolute Gasteiger partial charge is 0.299 e. The predicted octanol–water partition coefficient (Wildman–Crippen LogP) is 12.0. The Morgan fingerprint density at radius 3 is 2.04 bits per heavy atom. The van der Waals surface area contributed by atoms with Gasteiger partial charge in [-0.3, -0.25) is 15.0 Å². The Kier molecular flexibility index (Phi) is 18.6. The lowest BCUT2D eigenvalue weighted by Gasteiger charge is -2.18. The van der Waals surface area contributed by atoms with Crippen LogP contribution in [0, 0.1) is 6.92 Å². The third-order valence-electron chi connectivity index (χ3n) is 9.80. The fourth-order valence-corrected chi connectivity index (χ4v) is 8.31. The number of nitrogens with one attached hydrogen (secondary N) is 3. The second kappa shape index (κ2) is 22.8. The van der Waals surface area contributed by atoms with E-state index >= 15 is 0 Å². The predicted molar refractivity (Wildman–Crippen MR) is 239 cm³/mol. The zero-order valence-corrected chi connectivity index (χ0v) is 37.0. The van der Waals surface area contributed by atoms with Gasteiger partial charge in [-0.2, -0.15) is 0 Å². The first-order valence-corrected chi connectivity index (χ1v) is 23.2. The van der Waals surface area contributed by atoms with Crippen molar-refractivity contribution in [2.75, 3.05) is 23.1 Å². The molecule has 4 rings (SSSR count). The molecule has 1 unspecified atom stereocenters. The van der Waals surface area contributed by atoms with Gasteiger partial charge in [-0.05, 0) is 79.6 Å². The number of aryl methyl sites for hydroxylation is 1. The molecule has 10 nitrogen and oxygen atoms in total. The highest BCUT2D eigenvalue weighted by Crippen LogP contribution is 2.38. The summed E-state index contributed by atoms with van der Waals surface area (Å²) in [6, 6.07) is 13.7. The lowest BCUT2D eigenvalue weighted by atomic mass is 9.92. The molecule has 3 aromatic carbocycles. The van der Waals surface area contributed by atoms with Gasteiger partial charge in [-0.1, -0.05) is 137 Å². The van der Waals surface area contributed by atoms with Gasteiger partial charge < -0.3 is 5.32 Å². The second-order valence-electron chi connectivity index (χ2n) is 14.5. The molecule has 3 aromatic rings. The molecule has 1 saturated heterocycles. The van der Waals surface area contributed by atoms with Crippen LogP contribution < -0.4 is 20.5 Å². The number of nitrogens with zero attached hydrogens (tertiary/aromatic N) is 3. The number of hydrogen-bond donors (Lipinski definition) is 3. The normalized spacial score (nSPS) is 15.1. The van der Waals surface area contributed by atoms with E-state index in [0.717, 1.165) is 48.1 Å². The Morgan fingerprint density at radius 1 is 0.807 bits per heavy atom. The van der Waals surface area contributed by atoms with Gasteiger partial charge in [0.1, 0.15) is 5.69 Å². The zero-order chi connectivity index (χ0) is 41.5. The number of rotatable bonds is 22. The zero-order valence-electron chi connectivity index (χ0n) is 33.2. The van der Waals surface area contributed by atoms with E-state index in [-0.39, 0.29) is 44.1 Å². The lowest BCUT2D eigenvalue weighted by Crippen LogP contribution is -2.36. The van der Waals surface area contributed by atoms with Crippen molar-refractivity contribution in [1.29, 1.82) is 0 Å². The maximum atomic E-state index is 14.1. The summed E-state index contributed by atoms with van der Waals surface area (Å²) in [5.74, 6) is -0.493. The SMILES string of the molecule is CCCCCCCCCCCCCC(=O)Nc1ccc(Cl)c(N=C2NN(c3c(Cl)cc(Cl)cc3Cl)C(=O)C2=Nc2ccc(C(CC)CCNS(C)(=O)=O)cc2C)c1. The van der Waals surface area contributed by atoms with Crippen LogP contribution in [0.5, 0.6) is 0 Å². The van der Waals surface area contributed by atoms with Crippen LogP contribution in [0.15, 0.2) is 58.5 Å². The van der Waals surface area contributed by atoms with Crippen molar-refractivity contribution in [3.8, 4) is 0 Å². The largest absolute Gasteiger partial charge is 0.326 e. The average Bonchev–Trinajstić information content (AvgIpc) is 3.43. The van der Waals surface area contributed by atoms with Crippen molar-refractivity contribution in [2.45, 2.75) is 117 Å². The van der Waals surface area contributed by atoms with Crippen molar-refractivity contribution in [2.24, 2.45) is 9.98 Å².